The molecule has 2 nitrogen and oxygen atoms in total. The maximum atomic E-state index is 4.72. The molecule has 2 aromatic rings. The standard InChI is InChI=1S/C25H32N2/c1-8-27-24-13-18(4)21(14-23(24)19(5)15-25(27,6)7)16-26-22-11-9-20(10-12-22)17(2)3/h9-17H,8H2,1-7H3. The number of fused-ring (bicyclic) bond motifs is 1. The first-order valence-corrected chi connectivity index (χ1v) is 9.99. The van der Waals surface area contributed by atoms with Gasteiger partial charge in [0, 0.05) is 24.0 Å². The number of rotatable bonds is 4. The smallest absolute Gasteiger partial charge is 0.0630 e. The van der Waals surface area contributed by atoms with E-state index in [1.807, 2.05) is 6.21 Å². The number of hydrogen-bond donors (Lipinski definition) is 0. The molecule has 0 spiro atoms. The van der Waals surface area contributed by atoms with E-state index in [0.717, 1.165) is 12.2 Å². The van der Waals surface area contributed by atoms with Crippen molar-refractivity contribution in [3.63, 3.8) is 0 Å². The Bertz CT molecular complexity index is 883. The van der Waals surface area contributed by atoms with E-state index in [4.69, 9.17) is 4.99 Å². The summed E-state index contributed by atoms with van der Waals surface area (Å²) in [5, 5.41) is 0. The van der Waals surface area contributed by atoms with Gasteiger partial charge in [-0.15, -0.1) is 0 Å². The van der Waals surface area contributed by atoms with Gasteiger partial charge in [0.25, 0.3) is 0 Å². The number of allylic oxidation sites excluding steroid dienone is 1. The largest absolute Gasteiger partial charge is 0.363 e. The molecule has 0 aromatic heterocycles. The van der Waals surface area contributed by atoms with Crippen molar-refractivity contribution in [3.8, 4) is 0 Å². The fourth-order valence-corrected chi connectivity index (χ4v) is 4.05. The number of aryl methyl sites for hydroxylation is 1. The second-order valence-electron chi connectivity index (χ2n) is 8.46. The highest BCUT2D eigenvalue weighted by atomic mass is 15.2. The minimum atomic E-state index is 0.0477. The predicted octanol–water partition coefficient (Wildman–Crippen LogP) is 6.89. The Morgan fingerprint density at radius 1 is 1.07 bits per heavy atom. The van der Waals surface area contributed by atoms with Crippen LogP contribution in [-0.4, -0.2) is 18.3 Å². The molecule has 0 N–H and O–H groups in total. The van der Waals surface area contributed by atoms with Crippen molar-refractivity contribution in [2.75, 3.05) is 11.4 Å². The normalized spacial score (nSPS) is 16.0. The third-order valence-electron chi connectivity index (χ3n) is 5.59. The molecule has 0 unspecified atom stereocenters. The van der Waals surface area contributed by atoms with Crippen LogP contribution < -0.4 is 4.90 Å². The Morgan fingerprint density at radius 3 is 2.33 bits per heavy atom. The van der Waals surface area contributed by atoms with Crippen LogP contribution in [0.1, 0.15) is 69.7 Å². The number of nitrogens with zero attached hydrogens (tertiary/aromatic N) is 2. The van der Waals surface area contributed by atoms with Crippen LogP contribution in [0.25, 0.3) is 5.57 Å². The summed E-state index contributed by atoms with van der Waals surface area (Å²) in [4.78, 5) is 7.20. The Balaban J connectivity index is 1.96. The van der Waals surface area contributed by atoms with Gasteiger partial charge >= 0.3 is 0 Å². The van der Waals surface area contributed by atoms with E-state index in [9.17, 15) is 0 Å². The lowest BCUT2D eigenvalue weighted by Gasteiger charge is -2.43. The van der Waals surface area contributed by atoms with Crippen molar-refractivity contribution in [1.82, 2.24) is 0 Å². The minimum absolute atomic E-state index is 0.0477. The number of aliphatic imine (C=N–C) groups is 1. The summed E-state index contributed by atoms with van der Waals surface area (Å²) in [5.41, 5.74) is 8.84. The van der Waals surface area contributed by atoms with E-state index in [-0.39, 0.29) is 5.54 Å². The van der Waals surface area contributed by atoms with Crippen LogP contribution in [0.3, 0.4) is 0 Å². The van der Waals surface area contributed by atoms with E-state index in [0.29, 0.717) is 5.92 Å². The van der Waals surface area contributed by atoms with Crippen molar-refractivity contribution in [3.05, 3.63) is 64.7 Å². The zero-order chi connectivity index (χ0) is 19.8. The average Bonchev–Trinajstić information content (AvgIpc) is 2.60. The molecule has 1 aliphatic rings. The second kappa shape index (κ2) is 7.34. The van der Waals surface area contributed by atoms with Crippen LogP contribution >= 0.6 is 0 Å². The van der Waals surface area contributed by atoms with E-state index < -0.39 is 0 Å². The van der Waals surface area contributed by atoms with Crippen LogP contribution in [0.5, 0.6) is 0 Å². The number of anilines is 1. The quantitative estimate of drug-likeness (QED) is 0.542. The topological polar surface area (TPSA) is 15.6 Å². The summed E-state index contributed by atoms with van der Waals surface area (Å²) in [6.45, 7) is 16.6. The first kappa shape index (κ1) is 19.4. The second-order valence-corrected chi connectivity index (χ2v) is 8.46. The highest BCUT2D eigenvalue weighted by molar-refractivity contribution is 5.90. The molecule has 0 saturated carbocycles. The van der Waals surface area contributed by atoms with Gasteiger partial charge in [0.05, 0.1) is 11.2 Å². The van der Waals surface area contributed by atoms with E-state index in [1.165, 1.54) is 33.5 Å². The summed E-state index contributed by atoms with van der Waals surface area (Å²) < 4.78 is 0. The van der Waals surface area contributed by atoms with E-state index in [1.54, 1.807) is 0 Å². The maximum Gasteiger partial charge on any atom is 0.0630 e. The molecule has 3 rings (SSSR count). The van der Waals surface area contributed by atoms with Crippen LogP contribution in [-0.2, 0) is 0 Å². The predicted molar refractivity (Wildman–Crippen MR) is 120 cm³/mol. The van der Waals surface area contributed by atoms with Crippen LogP contribution in [0, 0.1) is 6.92 Å². The number of likely N-dealkylation sites (N-methyl/N-ethyl adjacent to an activating group) is 1. The van der Waals surface area contributed by atoms with Gasteiger partial charge in [-0.1, -0.05) is 32.1 Å². The van der Waals surface area contributed by atoms with Gasteiger partial charge in [0.15, 0.2) is 0 Å². The summed E-state index contributed by atoms with van der Waals surface area (Å²) in [7, 11) is 0. The van der Waals surface area contributed by atoms with Gasteiger partial charge in [0.2, 0.25) is 0 Å². The lowest BCUT2D eigenvalue weighted by Crippen LogP contribution is -2.45. The lowest BCUT2D eigenvalue weighted by molar-refractivity contribution is 0.566. The van der Waals surface area contributed by atoms with Crippen molar-refractivity contribution in [2.45, 2.75) is 59.9 Å². The monoisotopic (exact) mass is 360 g/mol. The van der Waals surface area contributed by atoms with Crippen LogP contribution in [0.4, 0.5) is 11.4 Å². The van der Waals surface area contributed by atoms with Gasteiger partial charge < -0.3 is 4.90 Å². The molecule has 0 saturated heterocycles. The molecule has 1 heterocycles. The van der Waals surface area contributed by atoms with E-state index >= 15 is 0 Å². The summed E-state index contributed by atoms with van der Waals surface area (Å²) in [5.74, 6) is 0.548. The van der Waals surface area contributed by atoms with Gasteiger partial charge in [-0.2, -0.15) is 0 Å². The van der Waals surface area contributed by atoms with Gasteiger partial charge in [-0.3, -0.25) is 4.99 Å². The molecular weight excluding hydrogens is 328 g/mol. The lowest BCUT2D eigenvalue weighted by atomic mass is 9.87. The molecule has 2 aromatic carbocycles. The zero-order valence-electron chi connectivity index (χ0n) is 17.8. The summed E-state index contributed by atoms with van der Waals surface area (Å²) >= 11 is 0. The fraction of sp³-hybridized carbons (Fsp3) is 0.400. The number of hydrogen-bond acceptors (Lipinski definition) is 2. The molecule has 0 radical (unpaired) electrons. The Labute approximate surface area is 164 Å². The molecule has 0 fully saturated rings. The first-order valence-electron chi connectivity index (χ1n) is 9.99. The third kappa shape index (κ3) is 3.85. The molecule has 2 heteroatoms. The first-order chi connectivity index (χ1) is 12.7. The molecule has 0 bridgehead atoms. The van der Waals surface area contributed by atoms with Crippen molar-refractivity contribution < 1.29 is 0 Å². The zero-order valence-corrected chi connectivity index (χ0v) is 17.8. The van der Waals surface area contributed by atoms with Gasteiger partial charge in [0.1, 0.15) is 0 Å². The van der Waals surface area contributed by atoms with E-state index in [2.05, 4.69) is 95.8 Å². The SMILES string of the molecule is CCN1c2cc(C)c(C=Nc3ccc(C(C)C)cc3)cc2C(C)=CC1(C)C. The summed E-state index contributed by atoms with van der Waals surface area (Å²) in [6, 6.07) is 13.2. The molecule has 0 atom stereocenters. The highest BCUT2D eigenvalue weighted by Gasteiger charge is 2.30. The number of benzene rings is 2. The summed E-state index contributed by atoms with van der Waals surface area (Å²) in [6.07, 6.45) is 4.38. The van der Waals surface area contributed by atoms with Gasteiger partial charge in [-0.25, -0.2) is 0 Å². The Hall–Kier alpha value is -2.35. The maximum absolute atomic E-state index is 4.72. The molecule has 142 valence electrons. The molecule has 27 heavy (non-hydrogen) atoms. The molecule has 1 aliphatic heterocycles. The molecule has 0 amide bonds. The Kier molecular flexibility index (Phi) is 5.28. The van der Waals surface area contributed by atoms with Gasteiger partial charge in [-0.05, 0) is 87.1 Å². The van der Waals surface area contributed by atoms with Crippen molar-refractivity contribution >= 4 is 23.2 Å². The minimum Gasteiger partial charge on any atom is -0.363 e. The average molecular weight is 361 g/mol. The highest BCUT2D eigenvalue weighted by Crippen LogP contribution is 2.39. The van der Waals surface area contributed by atoms with Crippen molar-refractivity contribution in [1.29, 1.82) is 0 Å². The van der Waals surface area contributed by atoms with Crippen molar-refractivity contribution in [2.24, 2.45) is 4.99 Å². The van der Waals surface area contributed by atoms with Crippen LogP contribution in [0.2, 0.25) is 0 Å². The third-order valence-corrected chi connectivity index (χ3v) is 5.59. The molecular formula is C25H32N2. The molecule has 0 aliphatic carbocycles. The fourth-order valence-electron chi connectivity index (χ4n) is 4.05. The van der Waals surface area contributed by atoms with Crippen LogP contribution in [0.15, 0.2) is 47.5 Å². The Morgan fingerprint density at radius 2 is 1.74 bits per heavy atom.